The Morgan fingerprint density at radius 2 is 1.95 bits per heavy atom. The molecule has 108 valence electrons. The third-order valence-electron chi connectivity index (χ3n) is 4.01. The number of hydrogen-bond donors (Lipinski definition) is 2. The van der Waals surface area contributed by atoms with Gasteiger partial charge in [0.15, 0.2) is 9.84 Å². The number of carbonyl (C=O) groups is 1. The highest BCUT2D eigenvalue weighted by Crippen LogP contribution is 2.30. The maximum atomic E-state index is 12.0. The Bertz CT molecular complexity index is 627. The molecule has 2 atom stereocenters. The van der Waals surface area contributed by atoms with Gasteiger partial charge in [0, 0.05) is 6.04 Å². The van der Waals surface area contributed by atoms with E-state index in [1.165, 1.54) is 11.1 Å². The Morgan fingerprint density at radius 1 is 1.15 bits per heavy atom. The van der Waals surface area contributed by atoms with Gasteiger partial charge in [-0.2, -0.15) is 0 Å². The van der Waals surface area contributed by atoms with Crippen molar-refractivity contribution >= 4 is 15.9 Å². The third-order valence-corrected chi connectivity index (χ3v) is 5.77. The number of sulfone groups is 1. The summed E-state index contributed by atoms with van der Waals surface area (Å²) in [6.07, 6.45) is 2.38. The lowest BCUT2D eigenvalue weighted by atomic mass is 10.1. The summed E-state index contributed by atoms with van der Waals surface area (Å²) in [6.45, 7) is 0. The van der Waals surface area contributed by atoms with E-state index in [9.17, 15) is 13.2 Å². The lowest BCUT2D eigenvalue weighted by molar-refractivity contribution is 0.234. The number of urea groups is 1. The molecular formula is C14H18N2O3S. The quantitative estimate of drug-likeness (QED) is 0.859. The van der Waals surface area contributed by atoms with Crippen LogP contribution in [-0.2, 0) is 16.3 Å². The van der Waals surface area contributed by atoms with Crippen molar-refractivity contribution in [3.8, 4) is 0 Å². The van der Waals surface area contributed by atoms with Gasteiger partial charge in [0.2, 0.25) is 0 Å². The van der Waals surface area contributed by atoms with Crippen LogP contribution in [0.2, 0.25) is 0 Å². The van der Waals surface area contributed by atoms with Gasteiger partial charge in [-0.15, -0.1) is 0 Å². The summed E-state index contributed by atoms with van der Waals surface area (Å²) in [7, 11) is -2.96. The van der Waals surface area contributed by atoms with Gasteiger partial charge in [-0.05, 0) is 30.4 Å². The molecule has 3 rings (SSSR count). The van der Waals surface area contributed by atoms with E-state index in [0.717, 1.165) is 12.8 Å². The maximum absolute atomic E-state index is 12.0. The van der Waals surface area contributed by atoms with Crippen LogP contribution in [0.15, 0.2) is 24.3 Å². The largest absolute Gasteiger partial charge is 0.334 e. The number of rotatable bonds is 2. The zero-order chi connectivity index (χ0) is 14.2. The number of fused-ring (bicyclic) bond motifs is 1. The highest BCUT2D eigenvalue weighted by Gasteiger charge is 2.30. The number of nitrogens with one attached hydrogen (secondary N) is 2. The highest BCUT2D eigenvalue weighted by atomic mass is 32.2. The van der Waals surface area contributed by atoms with Crippen LogP contribution in [0.3, 0.4) is 0 Å². The van der Waals surface area contributed by atoms with Crippen LogP contribution in [0.1, 0.15) is 30.0 Å². The standard InChI is InChI=1S/C14H18N2O3S/c17-14(15-11-7-8-20(18,19)9-11)16-13-6-5-10-3-1-2-4-12(10)13/h1-4,11,13H,5-9H2,(H2,15,16,17)/t11-,13+/m0/s1. The Kier molecular flexibility index (Phi) is 3.41. The van der Waals surface area contributed by atoms with Gasteiger partial charge in [-0.3, -0.25) is 0 Å². The maximum Gasteiger partial charge on any atom is 0.315 e. The number of hydrogen-bond acceptors (Lipinski definition) is 3. The molecule has 0 radical (unpaired) electrons. The predicted octanol–water partition coefficient (Wildman–Crippen LogP) is 1.16. The molecule has 1 aliphatic heterocycles. The van der Waals surface area contributed by atoms with Crippen molar-refractivity contribution in [1.29, 1.82) is 0 Å². The van der Waals surface area contributed by atoms with Crippen molar-refractivity contribution in [2.75, 3.05) is 11.5 Å². The van der Waals surface area contributed by atoms with Gasteiger partial charge in [0.25, 0.3) is 0 Å². The molecule has 0 unspecified atom stereocenters. The van der Waals surface area contributed by atoms with E-state index in [4.69, 9.17) is 0 Å². The molecular weight excluding hydrogens is 276 g/mol. The smallest absolute Gasteiger partial charge is 0.315 e. The molecule has 1 aromatic rings. The predicted molar refractivity (Wildman–Crippen MR) is 76.2 cm³/mol. The van der Waals surface area contributed by atoms with Crippen molar-refractivity contribution in [3.05, 3.63) is 35.4 Å². The van der Waals surface area contributed by atoms with Crippen molar-refractivity contribution in [1.82, 2.24) is 10.6 Å². The van der Waals surface area contributed by atoms with Crippen LogP contribution in [-0.4, -0.2) is 32.0 Å². The second kappa shape index (κ2) is 5.09. The fourth-order valence-corrected chi connectivity index (χ4v) is 4.67. The van der Waals surface area contributed by atoms with Crippen LogP contribution >= 0.6 is 0 Å². The summed E-state index contributed by atoms with van der Waals surface area (Å²) in [5, 5.41) is 5.71. The van der Waals surface area contributed by atoms with Crippen molar-refractivity contribution in [3.63, 3.8) is 0 Å². The molecule has 2 aliphatic rings. The van der Waals surface area contributed by atoms with Gasteiger partial charge >= 0.3 is 6.03 Å². The van der Waals surface area contributed by atoms with Gasteiger partial charge in [-0.1, -0.05) is 24.3 Å². The average Bonchev–Trinajstić information content (AvgIpc) is 2.94. The first-order valence-corrected chi connectivity index (χ1v) is 8.71. The van der Waals surface area contributed by atoms with Crippen LogP contribution in [0.25, 0.3) is 0 Å². The fraction of sp³-hybridized carbons (Fsp3) is 0.500. The van der Waals surface area contributed by atoms with Crippen molar-refractivity contribution in [2.24, 2.45) is 0 Å². The van der Waals surface area contributed by atoms with E-state index in [-0.39, 0.29) is 29.6 Å². The van der Waals surface area contributed by atoms with Crippen molar-refractivity contribution < 1.29 is 13.2 Å². The first kappa shape index (κ1) is 13.4. The summed E-state index contributed by atoms with van der Waals surface area (Å²) >= 11 is 0. The molecule has 1 saturated heterocycles. The topological polar surface area (TPSA) is 75.3 Å². The fourth-order valence-electron chi connectivity index (χ4n) is 3.00. The zero-order valence-corrected chi connectivity index (χ0v) is 11.9. The Morgan fingerprint density at radius 3 is 2.70 bits per heavy atom. The Hall–Kier alpha value is -1.56. The molecule has 0 saturated carbocycles. The van der Waals surface area contributed by atoms with Gasteiger partial charge in [0.05, 0.1) is 17.5 Å². The molecule has 1 aromatic carbocycles. The second-order valence-corrected chi connectivity index (χ2v) is 7.74. The molecule has 6 heteroatoms. The van der Waals surface area contributed by atoms with Crippen LogP contribution in [0.5, 0.6) is 0 Å². The minimum absolute atomic E-state index is 0.0317. The lowest BCUT2D eigenvalue weighted by Crippen LogP contribution is -2.43. The first-order chi connectivity index (χ1) is 9.53. The SMILES string of the molecule is O=C(N[C@H]1CCS(=O)(=O)C1)N[C@@H]1CCc2ccccc21. The first-order valence-electron chi connectivity index (χ1n) is 6.89. The summed E-state index contributed by atoms with van der Waals surface area (Å²) in [4.78, 5) is 12.0. The minimum atomic E-state index is -2.96. The molecule has 2 amide bonds. The molecule has 1 aliphatic carbocycles. The van der Waals surface area contributed by atoms with E-state index in [0.29, 0.717) is 6.42 Å². The molecule has 20 heavy (non-hydrogen) atoms. The van der Waals surface area contributed by atoms with Gasteiger partial charge < -0.3 is 10.6 Å². The van der Waals surface area contributed by atoms with E-state index < -0.39 is 9.84 Å². The average molecular weight is 294 g/mol. The normalized spacial score (nSPS) is 27.0. The molecule has 1 fully saturated rings. The van der Waals surface area contributed by atoms with Crippen molar-refractivity contribution in [2.45, 2.75) is 31.3 Å². The summed E-state index contributed by atoms with van der Waals surface area (Å²) in [6, 6.07) is 7.60. The third kappa shape index (κ3) is 2.80. The summed E-state index contributed by atoms with van der Waals surface area (Å²) in [5.74, 6) is 0.228. The monoisotopic (exact) mass is 294 g/mol. The van der Waals surface area contributed by atoms with Crippen LogP contribution in [0, 0.1) is 0 Å². The number of benzene rings is 1. The Balaban J connectivity index is 1.58. The molecule has 0 spiro atoms. The van der Waals surface area contributed by atoms with Gasteiger partial charge in [-0.25, -0.2) is 13.2 Å². The molecule has 1 heterocycles. The van der Waals surface area contributed by atoms with Gasteiger partial charge in [0.1, 0.15) is 0 Å². The minimum Gasteiger partial charge on any atom is -0.334 e. The number of amides is 2. The second-order valence-electron chi connectivity index (χ2n) is 5.51. The molecule has 2 N–H and O–H groups in total. The van der Waals surface area contributed by atoms with Crippen LogP contribution < -0.4 is 10.6 Å². The molecule has 5 nitrogen and oxygen atoms in total. The highest BCUT2D eigenvalue weighted by molar-refractivity contribution is 7.91. The lowest BCUT2D eigenvalue weighted by Gasteiger charge is -2.17. The molecule has 0 bridgehead atoms. The summed E-state index contributed by atoms with van der Waals surface area (Å²) < 4.78 is 22.7. The number of aryl methyl sites for hydroxylation is 1. The Labute approximate surface area is 118 Å². The van der Waals surface area contributed by atoms with Crippen LogP contribution in [0.4, 0.5) is 4.79 Å². The van der Waals surface area contributed by atoms with E-state index in [2.05, 4.69) is 16.7 Å². The molecule has 0 aromatic heterocycles. The number of carbonyl (C=O) groups excluding carboxylic acids is 1. The van der Waals surface area contributed by atoms with E-state index in [1.807, 2.05) is 18.2 Å². The van der Waals surface area contributed by atoms with E-state index >= 15 is 0 Å². The zero-order valence-electron chi connectivity index (χ0n) is 11.1. The summed E-state index contributed by atoms with van der Waals surface area (Å²) in [5.41, 5.74) is 2.45. The van der Waals surface area contributed by atoms with E-state index in [1.54, 1.807) is 0 Å².